The molecule has 6 nitrogen and oxygen atoms in total. The lowest BCUT2D eigenvalue weighted by Crippen LogP contribution is -2.43. The van der Waals surface area contributed by atoms with Gasteiger partial charge >= 0.3 is 5.97 Å². The highest BCUT2D eigenvalue weighted by Crippen LogP contribution is 2.28. The van der Waals surface area contributed by atoms with Crippen LogP contribution in [0, 0.1) is 5.92 Å². The van der Waals surface area contributed by atoms with Gasteiger partial charge in [0.25, 0.3) is 0 Å². The normalized spacial score (nSPS) is 22.1. The summed E-state index contributed by atoms with van der Waals surface area (Å²) in [7, 11) is -3.51. The van der Waals surface area contributed by atoms with Crippen LogP contribution in [-0.4, -0.2) is 32.1 Å². The summed E-state index contributed by atoms with van der Waals surface area (Å²) in [5.41, 5.74) is 0. The smallest absolute Gasteiger partial charge is 0.341 e. The number of nitrogens with one attached hydrogen (secondary N) is 1. The van der Waals surface area contributed by atoms with E-state index >= 15 is 0 Å². The molecule has 0 bridgehead atoms. The molecule has 20 heavy (non-hydrogen) atoms. The Labute approximate surface area is 117 Å². The standard InChI is InChI=1S/C13H17NO5S/c1-9-6-10(7-9)14-20(17,18)12-4-2-11(3-5-12)19-8-13(15)16/h2-5,9-10,14H,6-8H2,1H3,(H,15,16). The average Bonchev–Trinajstić information content (AvgIpc) is 2.35. The molecule has 0 radical (unpaired) electrons. The van der Waals surface area contributed by atoms with E-state index in [1.807, 2.05) is 0 Å². The molecule has 1 saturated carbocycles. The van der Waals surface area contributed by atoms with Gasteiger partial charge < -0.3 is 9.84 Å². The van der Waals surface area contributed by atoms with Crippen molar-refractivity contribution >= 4 is 16.0 Å². The number of ether oxygens (including phenoxy) is 1. The zero-order valence-electron chi connectivity index (χ0n) is 11.1. The minimum absolute atomic E-state index is 0.0120. The zero-order chi connectivity index (χ0) is 14.8. The monoisotopic (exact) mass is 299 g/mol. The van der Waals surface area contributed by atoms with Gasteiger partial charge in [0.1, 0.15) is 5.75 Å². The zero-order valence-corrected chi connectivity index (χ0v) is 11.9. The van der Waals surface area contributed by atoms with E-state index in [1.54, 1.807) is 0 Å². The molecule has 110 valence electrons. The van der Waals surface area contributed by atoms with E-state index in [-0.39, 0.29) is 10.9 Å². The lowest BCUT2D eigenvalue weighted by molar-refractivity contribution is -0.139. The Bertz CT molecular complexity index is 575. The molecule has 7 heteroatoms. The van der Waals surface area contributed by atoms with E-state index in [9.17, 15) is 13.2 Å². The summed E-state index contributed by atoms with van der Waals surface area (Å²) in [5.74, 6) is -0.194. The van der Waals surface area contributed by atoms with Gasteiger partial charge in [-0.15, -0.1) is 0 Å². The van der Waals surface area contributed by atoms with Crippen LogP contribution >= 0.6 is 0 Å². The molecule has 2 N–H and O–H groups in total. The van der Waals surface area contributed by atoms with Crippen LogP contribution in [0.4, 0.5) is 0 Å². The lowest BCUT2D eigenvalue weighted by Gasteiger charge is -2.32. The topological polar surface area (TPSA) is 92.7 Å². The minimum atomic E-state index is -3.51. The summed E-state index contributed by atoms with van der Waals surface area (Å²) in [4.78, 5) is 10.5. The molecular formula is C13H17NO5S. The maximum atomic E-state index is 12.1. The predicted octanol–water partition coefficient (Wildman–Crippen LogP) is 1.23. The second-order valence-corrected chi connectivity index (χ2v) is 6.76. The SMILES string of the molecule is CC1CC(NS(=O)(=O)c2ccc(OCC(=O)O)cc2)C1. The highest BCUT2D eigenvalue weighted by Gasteiger charge is 2.29. The Balaban J connectivity index is 1.99. The fraction of sp³-hybridized carbons (Fsp3) is 0.462. The van der Waals surface area contributed by atoms with Gasteiger partial charge in [-0.05, 0) is 43.0 Å². The third-order valence-corrected chi connectivity index (χ3v) is 4.73. The molecule has 0 heterocycles. The van der Waals surface area contributed by atoms with Crippen molar-refractivity contribution in [2.24, 2.45) is 5.92 Å². The van der Waals surface area contributed by atoms with Crippen LogP contribution < -0.4 is 9.46 Å². The van der Waals surface area contributed by atoms with Crippen molar-refractivity contribution in [1.82, 2.24) is 4.72 Å². The molecular weight excluding hydrogens is 282 g/mol. The van der Waals surface area contributed by atoms with Gasteiger partial charge in [0, 0.05) is 6.04 Å². The van der Waals surface area contributed by atoms with Crippen LogP contribution in [-0.2, 0) is 14.8 Å². The van der Waals surface area contributed by atoms with Crippen LogP contribution in [0.25, 0.3) is 0 Å². The molecule has 0 atom stereocenters. The molecule has 1 aromatic rings. The second-order valence-electron chi connectivity index (χ2n) is 5.05. The van der Waals surface area contributed by atoms with Gasteiger partial charge in [-0.2, -0.15) is 0 Å². The van der Waals surface area contributed by atoms with E-state index < -0.39 is 22.6 Å². The maximum Gasteiger partial charge on any atom is 0.341 e. The number of carboxylic acid groups (broad SMARTS) is 1. The number of aliphatic carboxylic acids is 1. The Morgan fingerprint density at radius 1 is 1.35 bits per heavy atom. The fourth-order valence-electron chi connectivity index (χ4n) is 2.15. The molecule has 1 aliphatic rings. The van der Waals surface area contributed by atoms with Crippen molar-refractivity contribution < 1.29 is 23.1 Å². The predicted molar refractivity (Wildman–Crippen MR) is 72.1 cm³/mol. The number of benzene rings is 1. The van der Waals surface area contributed by atoms with Crippen LogP contribution in [0.2, 0.25) is 0 Å². The van der Waals surface area contributed by atoms with E-state index in [1.165, 1.54) is 24.3 Å². The summed E-state index contributed by atoms with van der Waals surface area (Å²) in [5, 5.41) is 8.48. The molecule has 0 saturated heterocycles. The van der Waals surface area contributed by atoms with E-state index in [0.29, 0.717) is 11.7 Å². The largest absolute Gasteiger partial charge is 0.482 e. The average molecular weight is 299 g/mol. The highest BCUT2D eigenvalue weighted by atomic mass is 32.2. The number of sulfonamides is 1. The van der Waals surface area contributed by atoms with Crippen molar-refractivity contribution in [1.29, 1.82) is 0 Å². The Hall–Kier alpha value is -1.60. The molecule has 2 rings (SSSR count). The quantitative estimate of drug-likeness (QED) is 0.824. The first kappa shape index (κ1) is 14.8. The lowest BCUT2D eigenvalue weighted by atomic mass is 9.83. The van der Waals surface area contributed by atoms with Crippen molar-refractivity contribution in [3.63, 3.8) is 0 Å². The Morgan fingerprint density at radius 3 is 2.45 bits per heavy atom. The molecule has 1 aliphatic carbocycles. The molecule has 0 unspecified atom stereocenters. The molecule has 0 aliphatic heterocycles. The Morgan fingerprint density at radius 2 is 1.95 bits per heavy atom. The van der Waals surface area contributed by atoms with Crippen LogP contribution in [0.15, 0.2) is 29.2 Å². The van der Waals surface area contributed by atoms with Gasteiger partial charge in [-0.25, -0.2) is 17.9 Å². The number of carboxylic acids is 1. The van der Waals surface area contributed by atoms with Gasteiger partial charge in [0.2, 0.25) is 10.0 Å². The van der Waals surface area contributed by atoms with Gasteiger partial charge in [-0.3, -0.25) is 0 Å². The number of hydrogen-bond donors (Lipinski definition) is 2. The summed E-state index contributed by atoms with van der Waals surface area (Å²) < 4.78 is 31.7. The van der Waals surface area contributed by atoms with E-state index in [2.05, 4.69) is 11.6 Å². The number of rotatable bonds is 6. The fourth-order valence-corrected chi connectivity index (χ4v) is 3.41. The van der Waals surface area contributed by atoms with Crippen molar-refractivity contribution in [2.75, 3.05) is 6.61 Å². The Kier molecular flexibility index (Phi) is 4.29. The van der Waals surface area contributed by atoms with E-state index in [0.717, 1.165) is 12.8 Å². The summed E-state index contributed by atoms with van der Waals surface area (Å²) in [6, 6.07) is 5.71. The van der Waals surface area contributed by atoms with Gasteiger partial charge in [0.05, 0.1) is 4.90 Å². The number of carbonyl (C=O) groups is 1. The van der Waals surface area contributed by atoms with Crippen molar-refractivity contribution in [3.05, 3.63) is 24.3 Å². The third kappa shape index (κ3) is 3.71. The van der Waals surface area contributed by atoms with Crippen molar-refractivity contribution in [2.45, 2.75) is 30.7 Å². The summed E-state index contributed by atoms with van der Waals surface area (Å²) in [6.07, 6.45) is 1.72. The summed E-state index contributed by atoms with van der Waals surface area (Å²) >= 11 is 0. The first-order valence-electron chi connectivity index (χ1n) is 6.34. The molecule has 0 aromatic heterocycles. The van der Waals surface area contributed by atoms with Crippen LogP contribution in [0.5, 0.6) is 5.75 Å². The summed E-state index contributed by atoms with van der Waals surface area (Å²) in [6.45, 7) is 1.63. The number of hydrogen-bond acceptors (Lipinski definition) is 4. The van der Waals surface area contributed by atoms with Crippen molar-refractivity contribution in [3.8, 4) is 5.75 Å². The van der Waals surface area contributed by atoms with E-state index in [4.69, 9.17) is 9.84 Å². The molecule has 1 aromatic carbocycles. The molecule has 0 spiro atoms. The second kappa shape index (κ2) is 5.80. The minimum Gasteiger partial charge on any atom is -0.482 e. The molecule has 0 amide bonds. The van der Waals surface area contributed by atoms with Gasteiger partial charge in [0.15, 0.2) is 6.61 Å². The van der Waals surface area contributed by atoms with Gasteiger partial charge in [-0.1, -0.05) is 6.92 Å². The molecule has 1 fully saturated rings. The first-order chi connectivity index (χ1) is 9.37. The first-order valence-corrected chi connectivity index (χ1v) is 7.82. The highest BCUT2D eigenvalue weighted by molar-refractivity contribution is 7.89. The third-order valence-electron chi connectivity index (χ3n) is 3.19. The van der Waals surface area contributed by atoms with Crippen LogP contribution in [0.1, 0.15) is 19.8 Å². The van der Waals surface area contributed by atoms with Crippen LogP contribution in [0.3, 0.4) is 0 Å². The maximum absolute atomic E-state index is 12.1.